The van der Waals surface area contributed by atoms with Gasteiger partial charge in [0, 0.05) is 18.3 Å². The molecule has 28 heavy (non-hydrogen) atoms. The summed E-state index contributed by atoms with van der Waals surface area (Å²) in [5.41, 5.74) is 0.527. The molecular weight excluding hydrogens is 383 g/mol. The molecule has 0 unspecified atom stereocenters. The van der Waals surface area contributed by atoms with Crippen molar-refractivity contribution in [2.45, 2.75) is 13.8 Å². The van der Waals surface area contributed by atoms with Crippen LogP contribution >= 0.6 is 11.6 Å². The zero-order valence-corrected chi connectivity index (χ0v) is 16.3. The summed E-state index contributed by atoms with van der Waals surface area (Å²) in [6.07, 6.45) is 1.65. The van der Waals surface area contributed by atoms with Crippen LogP contribution in [0, 0.1) is 11.2 Å². The molecule has 0 radical (unpaired) electrons. The fraction of sp³-hybridized carbons (Fsp3) is 0.238. The maximum Gasteiger partial charge on any atom is 0.257 e. The van der Waals surface area contributed by atoms with Gasteiger partial charge < -0.3 is 15.0 Å². The number of hydrogen-bond acceptors (Lipinski definition) is 3. The largest absolute Gasteiger partial charge is 0.490 e. The van der Waals surface area contributed by atoms with Gasteiger partial charge in [-0.3, -0.25) is 9.59 Å². The van der Waals surface area contributed by atoms with E-state index in [0.29, 0.717) is 23.7 Å². The van der Waals surface area contributed by atoms with Crippen LogP contribution in [0.5, 0.6) is 5.75 Å². The first-order chi connectivity index (χ1) is 13.2. The Balaban J connectivity index is 1.91. The second-order valence-electron chi connectivity index (χ2n) is 7.14. The first-order valence-corrected chi connectivity index (χ1v) is 9.07. The van der Waals surface area contributed by atoms with Crippen LogP contribution in [0.2, 0.25) is 5.02 Å². The molecule has 1 aliphatic heterocycles. The van der Waals surface area contributed by atoms with E-state index in [4.69, 9.17) is 16.3 Å². The van der Waals surface area contributed by atoms with Crippen molar-refractivity contribution in [3.8, 4) is 5.75 Å². The highest BCUT2D eigenvalue weighted by Gasteiger charge is 2.37. The van der Waals surface area contributed by atoms with E-state index in [-0.39, 0.29) is 23.1 Å². The number of hydrogen-bond donors (Lipinski definition) is 1. The minimum atomic E-state index is -0.701. The molecule has 0 aliphatic carbocycles. The van der Waals surface area contributed by atoms with Crippen molar-refractivity contribution in [3.63, 3.8) is 0 Å². The average molecular weight is 403 g/mol. The molecule has 2 aromatic carbocycles. The Labute approximate surface area is 167 Å². The number of carbonyl (C=O) groups is 2. The number of amides is 2. The summed E-state index contributed by atoms with van der Waals surface area (Å²) in [6, 6.07) is 8.59. The third-order valence-corrected chi connectivity index (χ3v) is 4.72. The van der Waals surface area contributed by atoms with Crippen LogP contribution in [0.1, 0.15) is 24.2 Å². The predicted octanol–water partition coefficient (Wildman–Crippen LogP) is 4.67. The topological polar surface area (TPSA) is 58.6 Å². The summed E-state index contributed by atoms with van der Waals surface area (Å²) in [6.45, 7) is 7.89. The number of anilines is 2. The van der Waals surface area contributed by atoms with E-state index in [0.717, 1.165) is 6.07 Å². The van der Waals surface area contributed by atoms with Crippen molar-refractivity contribution in [1.82, 2.24) is 0 Å². The zero-order valence-electron chi connectivity index (χ0n) is 15.6. The smallest absolute Gasteiger partial charge is 0.257 e. The molecule has 146 valence electrons. The Morgan fingerprint density at radius 3 is 2.79 bits per heavy atom. The molecule has 0 saturated carbocycles. The summed E-state index contributed by atoms with van der Waals surface area (Å²) in [4.78, 5) is 26.9. The lowest BCUT2D eigenvalue weighted by atomic mass is 9.93. The minimum Gasteiger partial charge on any atom is -0.490 e. The second-order valence-corrected chi connectivity index (χ2v) is 7.54. The lowest BCUT2D eigenvalue weighted by molar-refractivity contribution is -0.127. The van der Waals surface area contributed by atoms with E-state index in [2.05, 4.69) is 11.9 Å². The van der Waals surface area contributed by atoms with Gasteiger partial charge in [0.1, 0.15) is 18.2 Å². The number of nitrogens with one attached hydrogen (secondary N) is 1. The van der Waals surface area contributed by atoms with Gasteiger partial charge in [0.15, 0.2) is 0 Å². The van der Waals surface area contributed by atoms with Gasteiger partial charge in [0.25, 0.3) is 5.91 Å². The molecular formula is C21H20ClFN2O3. The highest BCUT2D eigenvalue weighted by atomic mass is 35.5. The van der Waals surface area contributed by atoms with Crippen molar-refractivity contribution in [1.29, 1.82) is 0 Å². The van der Waals surface area contributed by atoms with Gasteiger partial charge in [-0.05, 0) is 44.2 Å². The van der Waals surface area contributed by atoms with Crippen LogP contribution < -0.4 is 15.0 Å². The van der Waals surface area contributed by atoms with Crippen molar-refractivity contribution >= 4 is 34.8 Å². The van der Waals surface area contributed by atoms with Crippen molar-refractivity contribution in [2.75, 3.05) is 23.4 Å². The molecule has 0 spiro atoms. The highest BCUT2D eigenvalue weighted by molar-refractivity contribution is 6.34. The molecule has 1 N–H and O–H groups in total. The fourth-order valence-electron chi connectivity index (χ4n) is 2.91. The molecule has 0 fully saturated rings. The van der Waals surface area contributed by atoms with Crippen LogP contribution in [-0.4, -0.2) is 25.0 Å². The first-order valence-electron chi connectivity index (χ1n) is 8.69. The van der Waals surface area contributed by atoms with E-state index < -0.39 is 17.1 Å². The molecule has 3 rings (SSSR count). The molecule has 5 nitrogen and oxygen atoms in total. The highest BCUT2D eigenvalue weighted by Crippen LogP contribution is 2.38. The van der Waals surface area contributed by atoms with E-state index >= 15 is 0 Å². The van der Waals surface area contributed by atoms with Crippen molar-refractivity contribution in [3.05, 3.63) is 65.5 Å². The number of nitrogens with zero attached hydrogens (tertiary/aromatic N) is 1. The SMILES string of the molecule is C=CCN1C(=O)C(C)(C)COc2cc(NC(=O)c3ccc(F)cc3Cl)ccc21. The van der Waals surface area contributed by atoms with Gasteiger partial charge in [-0.1, -0.05) is 17.7 Å². The van der Waals surface area contributed by atoms with Gasteiger partial charge in [-0.2, -0.15) is 0 Å². The molecule has 1 heterocycles. The van der Waals surface area contributed by atoms with E-state index in [1.807, 2.05) is 13.8 Å². The van der Waals surface area contributed by atoms with Crippen LogP contribution in [0.4, 0.5) is 15.8 Å². The van der Waals surface area contributed by atoms with Crippen LogP contribution in [0.25, 0.3) is 0 Å². The van der Waals surface area contributed by atoms with Crippen LogP contribution in [-0.2, 0) is 4.79 Å². The first kappa shape index (κ1) is 19.9. The predicted molar refractivity (Wildman–Crippen MR) is 108 cm³/mol. The maximum absolute atomic E-state index is 13.2. The van der Waals surface area contributed by atoms with Crippen LogP contribution in [0.3, 0.4) is 0 Å². The third-order valence-electron chi connectivity index (χ3n) is 4.41. The second kappa shape index (κ2) is 7.64. The molecule has 0 saturated heterocycles. The Morgan fingerprint density at radius 1 is 1.36 bits per heavy atom. The molecule has 0 aromatic heterocycles. The Hall–Kier alpha value is -2.86. The number of halogens is 2. The third kappa shape index (κ3) is 3.87. The number of ether oxygens (including phenoxy) is 1. The Morgan fingerprint density at radius 2 is 2.11 bits per heavy atom. The van der Waals surface area contributed by atoms with Gasteiger partial charge in [-0.15, -0.1) is 6.58 Å². The maximum atomic E-state index is 13.2. The van der Waals surface area contributed by atoms with E-state index in [1.54, 1.807) is 29.2 Å². The normalized spacial score (nSPS) is 15.3. The van der Waals surface area contributed by atoms with E-state index in [9.17, 15) is 14.0 Å². The fourth-order valence-corrected chi connectivity index (χ4v) is 3.16. The van der Waals surface area contributed by atoms with Crippen molar-refractivity contribution in [2.24, 2.45) is 5.41 Å². The monoisotopic (exact) mass is 402 g/mol. The molecule has 0 bridgehead atoms. The molecule has 2 amide bonds. The van der Waals surface area contributed by atoms with Gasteiger partial charge >= 0.3 is 0 Å². The number of benzene rings is 2. The molecule has 7 heteroatoms. The van der Waals surface area contributed by atoms with Crippen molar-refractivity contribution < 1.29 is 18.7 Å². The Bertz CT molecular complexity index is 959. The number of fused-ring (bicyclic) bond motifs is 1. The lowest BCUT2D eigenvalue weighted by Crippen LogP contribution is -2.42. The zero-order chi connectivity index (χ0) is 20.5. The van der Waals surface area contributed by atoms with Gasteiger partial charge in [-0.25, -0.2) is 4.39 Å². The van der Waals surface area contributed by atoms with Crippen LogP contribution in [0.15, 0.2) is 49.1 Å². The summed E-state index contributed by atoms with van der Waals surface area (Å²) < 4.78 is 19.0. The molecule has 1 aliphatic rings. The molecule has 0 atom stereocenters. The number of carbonyl (C=O) groups excluding carboxylic acids is 2. The Kier molecular flexibility index (Phi) is 5.42. The lowest BCUT2D eigenvalue weighted by Gasteiger charge is -2.27. The average Bonchev–Trinajstić information content (AvgIpc) is 2.72. The van der Waals surface area contributed by atoms with Gasteiger partial charge in [0.2, 0.25) is 5.91 Å². The summed E-state index contributed by atoms with van der Waals surface area (Å²) in [7, 11) is 0. The molecule has 2 aromatic rings. The van der Waals surface area contributed by atoms with Gasteiger partial charge in [0.05, 0.1) is 21.7 Å². The summed E-state index contributed by atoms with van der Waals surface area (Å²) in [5.74, 6) is -0.586. The number of rotatable bonds is 4. The standard InChI is InChI=1S/C21H20ClFN2O3/c1-4-9-25-17-8-6-14(11-18(17)28-12-21(2,3)20(25)27)24-19(26)15-7-5-13(23)10-16(15)22/h4-8,10-11H,1,9,12H2,2-3H3,(H,24,26). The summed E-state index contributed by atoms with van der Waals surface area (Å²) >= 11 is 5.95. The minimum absolute atomic E-state index is 0.0213. The quantitative estimate of drug-likeness (QED) is 0.756. The summed E-state index contributed by atoms with van der Waals surface area (Å²) in [5, 5.41) is 2.74. The van der Waals surface area contributed by atoms with E-state index in [1.165, 1.54) is 12.1 Å².